The molecule has 3 N–H and O–H groups in total. The van der Waals surface area contributed by atoms with Gasteiger partial charge in [0.2, 0.25) is 5.91 Å². The molecule has 0 spiro atoms. The number of methoxy groups -OCH3 is 1. The van der Waals surface area contributed by atoms with Crippen molar-refractivity contribution in [1.29, 1.82) is 0 Å². The highest BCUT2D eigenvalue weighted by Gasteiger charge is 2.17. The molecule has 5 heteroatoms. The average Bonchev–Trinajstić information content (AvgIpc) is 2.39. The summed E-state index contributed by atoms with van der Waals surface area (Å²) >= 11 is 3.48. The molecule has 0 saturated carbocycles. The topological polar surface area (TPSA) is 64.3 Å². The Morgan fingerprint density at radius 1 is 1.47 bits per heavy atom. The van der Waals surface area contributed by atoms with E-state index >= 15 is 0 Å². The molecule has 2 atom stereocenters. The Balaban J connectivity index is 2.50. The largest absolute Gasteiger partial charge is 0.385 e. The van der Waals surface area contributed by atoms with Crippen molar-refractivity contribution in [1.82, 2.24) is 5.32 Å². The summed E-state index contributed by atoms with van der Waals surface area (Å²) < 4.78 is 5.93. The third-order valence-corrected chi connectivity index (χ3v) is 3.65. The maximum Gasteiger partial charge on any atom is 0.237 e. The van der Waals surface area contributed by atoms with Crippen molar-refractivity contribution in [3.05, 3.63) is 34.3 Å². The van der Waals surface area contributed by atoms with E-state index in [2.05, 4.69) is 21.2 Å². The van der Waals surface area contributed by atoms with Crippen LogP contribution in [0.15, 0.2) is 28.7 Å². The van der Waals surface area contributed by atoms with Gasteiger partial charge in [-0.3, -0.25) is 4.79 Å². The molecule has 1 aromatic carbocycles. The van der Waals surface area contributed by atoms with Gasteiger partial charge < -0.3 is 15.8 Å². The van der Waals surface area contributed by atoms with Gasteiger partial charge in [-0.05, 0) is 31.4 Å². The fourth-order valence-electron chi connectivity index (χ4n) is 1.80. The highest BCUT2D eigenvalue weighted by molar-refractivity contribution is 9.10. The van der Waals surface area contributed by atoms with Gasteiger partial charge >= 0.3 is 0 Å². The molecular formula is C14H21BrN2O2. The zero-order valence-corrected chi connectivity index (χ0v) is 12.9. The summed E-state index contributed by atoms with van der Waals surface area (Å²) in [6.45, 7) is 2.57. The van der Waals surface area contributed by atoms with Crippen LogP contribution in [0.2, 0.25) is 0 Å². The molecule has 0 radical (unpaired) electrons. The normalized spacial score (nSPS) is 13.9. The van der Waals surface area contributed by atoms with Gasteiger partial charge in [0, 0.05) is 18.2 Å². The second kappa shape index (κ2) is 8.30. The van der Waals surface area contributed by atoms with Crippen LogP contribution in [0.25, 0.3) is 0 Å². The zero-order valence-electron chi connectivity index (χ0n) is 11.4. The highest BCUT2D eigenvalue weighted by atomic mass is 79.9. The lowest BCUT2D eigenvalue weighted by atomic mass is 10.1. The number of nitrogens with two attached hydrogens (primary N) is 1. The highest BCUT2D eigenvalue weighted by Crippen LogP contribution is 2.22. The second-order valence-electron chi connectivity index (χ2n) is 4.49. The van der Waals surface area contributed by atoms with E-state index in [1.54, 1.807) is 7.11 Å². The first-order chi connectivity index (χ1) is 9.06. The first kappa shape index (κ1) is 16.1. The number of rotatable bonds is 7. The maximum atomic E-state index is 11.9. The van der Waals surface area contributed by atoms with Crippen LogP contribution < -0.4 is 11.1 Å². The summed E-state index contributed by atoms with van der Waals surface area (Å²) in [4.78, 5) is 11.9. The van der Waals surface area contributed by atoms with Crippen molar-refractivity contribution < 1.29 is 9.53 Å². The van der Waals surface area contributed by atoms with Gasteiger partial charge in [-0.1, -0.05) is 34.1 Å². The Hall–Kier alpha value is -0.910. The molecule has 0 aliphatic carbocycles. The number of nitrogens with one attached hydrogen (secondary N) is 1. The lowest BCUT2D eigenvalue weighted by molar-refractivity contribution is -0.123. The minimum absolute atomic E-state index is 0.0726. The number of carbonyl (C=O) groups excluding carboxylic acids is 1. The van der Waals surface area contributed by atoms with Crippen LogP contribution >= 0.6 is 15.9 Å². The smallest absolute Gasteiger partial charge is 0.237 e. The van der Waals surface area contributed by atoms with Gasteiger partial charge in [-0.25, -0.2) is 0 Å². The lowest BCUT2D eigenvalue weighted by Crippen LogP contribution is -2.41. The van der Waals surface area contributed by atoms with Crippen LogP contribution in [-0.2, 0) is 9.53 Å². The van der Waals surface area contributed by atoms with E-state index in [0.717, 1.165) is 16.5 Å². The summed E-state index contributed by atoms with van der Waals surface area (Å²) in [6, 6.07) is 7.26. The van der Waals surface area contributed by atoms with E-state index in [0.29, 0.717) is 13.0 Å². The molecule has 1 rings (SSSR count). The number of amides is 1. The van der Waals surface area contributed by atoms with Crippen LogP contribution in [0.4, 0.5) is 0 Å². The van der Waals surface area contributed by atoms with E-state index in [1.165, 1.54) is 0 Å². The molecule has 0 aromatic heterocycles. The van der Waals surface area contributed by atoms with Gasteiger partial charge in [0.15, 0.2) is 0 Å². The standard InChI is InChI=1S/C14H21BrN2O2/c1-10(11-6-3-4-7-12(11)15)17-14(18)13(16)8-5-9-19-2/h3-4,6-7,10,13H,5,8-9,16H2,1-2H3,(H,17,18)/t10-,13?/m0/s1. The molecular weight excluding hydrogens is 308 g/mol. The van der Waals surface area contributed by atoms with E-state index in [-0.39, 0.29) is 11.9 Å². The summed E-state index contributed by atoms with van der Waals surface area (Å²) in [5.74, 6) is -0.126. The third-order valence-electron chi connectivity index (χ3n) is 2.93. The van der Waals surface area contributed by atoms with Gasteiger partial charge in [0.25, 0.3) is 0 Å². The van der Waals surface area contributed by atoms with E-state index in [9.17, 15) is 4.79 Å². The monoisotopic (exact) mass is 328 g/mol. The molecule has 0 bridgehead atoms. The van der Waals surface area contributed by atoms with Crippen molar-refractivity contribution in [3.8, 4) is 0 Å². The van der Waals surface area contributed by atoms with E-state index in [4.69, 9.17) is 10.5 Å². The zero-order chi connectivity index (χ0) is 14.3. The van der Waals surface area contributed by atoms with Crippen LogP contribution in [0, 0.1) is 0 Å². The van der Waals surface area contributed by atoms with Crippen molar-refractivity contribution in [2.75, 3.05) is 13.7 Å². The number of hydrogen-bond donors (Lipinski definition) is 2. The fraction of sp³-hybridized carbons (Fsp3) is 0.500. The molecule has 0 fully saturated rings. The Kier molecular flexibility index (Phi) is 7.05. The van der Waals surface area contributed by atoms with Gasteiger partial charge in [-0.2, -0.15) is 0 Å². The molecule has 0 aliphatic heterocycles. The van der Waals surface area contributed by atoms with E-state index in [1.807, 2.05) is 31.2 Å². The Labute approximate surface area is 122 Å². The van der Waals surface area contributed by atoms with Gasteiger partial charge in [-0.15, -0.1) is 0 Å². The maximum absolute atomic E-state index is 11.9. The van der Waals surface area contributed by atoms with Crippen molar-refractivity contribution in [2.24, 2.45) is 5.73 Å². The fourth-order valence-corrected chi connectivity index (χ4v) is 2.43. The predicted molar refractivity (Wildman–Crippen MR) is 79.8 cm³/mol. The van der Waals surface area contributed by atoms with Crippen LogP contribution in [0.5, 0.6) is 0 Å². The molecule has 0 heterocycles. The van der Waals surface area contributed by atoms with E-state index < -0.39 is 6.04 Å². The number of halogens is 1. The Morgan fingerprint density at radius 2 is 2.16 bits per heavy atom. The summed E-state index contributed by atoms with van der Waals surface area (Å²) in [5, 5.41) is 2.93. The third kappa shape index (κ3) is 5.30. The molecule has 0 aliphatic rings. The first-order valence-corrected chi connectivity index (χ1v) is 7.15. The lowest BCUT2D eigenvalue weighted by Gasteiger charge is -2.18. The van der Waals surface area contributed by atoms with Crippen molar-refractivity contribution in [3.63, 3.8) is 0 Å². The number of hydrogen-bond acceptors (Lipinski definition) is 3. The minimum atomic E-state index is -0.486. The number of ether oxygens (including phenoxy) is 1. The van der Waals surface area contributed by atoms with Crippen LogP contribution in [-0.4, -0.2) is 25.7 Å². The Bertz CT molecular complexity index is 412. The minimum Gasteiger partial charge on any atom is -0.385 e. The number of carbonyl (C=O) groups is 1. The van der Waals surface area contributed by atoms with Gasteiger partial charge in [0.05, 0.1) is 12.1 Å². The summed E-state index contributed by atoms with van der Waals surface area (Å²) in [6.07, 6.45) is 1.41. The molecule has 1 unspecified atom stereocenters. The molecule has 19 heavy (non-hydrogen) atoms. The summed E-state index contributed by atoms with van der Waals surface area (Å²) in [7, 11) is 1.64. The molecule has 1 amide bonds. The van der Waals surface area contributed by atoms with Crippen LogP contribution in [0.3, 0.4) is 0 Å². The molecule has 1 aromatic rings. The quantitative estimate of drug-likeness (QED) is 0.755. The average molecular weight is 329 g/mol. The van der Waals surface area contributed by atoms with Gasteiger partial charge in [0.1, 0.15) is 0 Å². The Morgan fingerprint density at radius 3 is 2.79 bits per heavy atom. The van der Waals surface area contributed by atoms with Crippen molar-refractivity contribution in [2.45, 2.75) is 31.8 Å². The van der Waals surface area contributed by atoms with Crippen LogP contribution in [0.1, 0.15) is 31.4 Å². The predicted octanol–water partition coefficient (Wildman–Crippen LogP) is 2.38. The summed E-state index contributed by atoms with van der Waals surface area (Å²) in [5.41, 5.74) is 6.88. The molecule has 0 saturated heterocycles. The molecule has 106 valence electrons. The SMILES string of the molecule is COCCCC(N)C(=O)N[C@@H](C)c1ccccc1Br. The second-order valence-corrected chi connectivity index (χ2v) is 5.35. The molecule has 4 nitrogen and oxygen atoms in total. The first-order valence-electron chi connectivity index (χ1n) is 6.35. The number of benzene rings is 1. The van der Waals surface area contributed by atoms with Crippen molar-refractivity contribution >= 4 is 21.8 Å².